The van der Waals surface area contributed by atoms with Gasteiger partial charge in [0.2, 0.25) is 12.7 Å². The number of fused-ring (bicyclic) bond motifs is 1. The zero-order valence-electron chi connectivity index (χ0n) is 22.4. The molecule has 0 aromatic heterocycles. The Bertz CT molecular complexity index is 1070. The summed E-state index contributed by atoms with van der Waals surface area (Å²) in [6.07, 6.45) is 3.94. The van der Waals surface area contributed by atoms with E-state index in [1.165, 1.54) is 0 Å². The number of aliphatic carboxylic acids is 1. The molecule has 1 fully saturated rings. The number of ether oxygens (including phenoxy) is 3. The molecule has 8 nitrogen and oxygen atoms in total. The number of amides is 1. The normalized spacial score (nSPS) is 20.1. The maximum atomic E-state index is 13.5. The van der Waals surface area contributed by atoms with Crippen molar-refractivity contribution in [3.05, 3.63) is 53.6 Å². The number of carboxylic acids is 1. The minimum atomic E-state index is -0.882. The predicted octanol–water partition coefficient (Wildman–Crippen LogP) is 5.12. The van der Waals surface area contributed by atoms with Crippen molar-refractivity contribution in [2.24, 2.45) is 5.92 Å². The Morgan fingerprint density at radius 1 is 1.00 bits per heavy atom. The molecule has 2 aliphatic rings. The minimum absolute atomic E-state index is 0. The van der Waals surface area contributed by atoms with Crippen LogP contribution in [0.2, 0.25) is 0 Å². The quantitative estimate of drug-likeness (QED) is 0.395. The molecule has 0 radical (unpaired) electrons. The van der Waals surface area contributed by atoms with Crippen LogP contribution < -0.4 is 14.2 Å². The van der Waals surface area contributed by atoms with Gasteiger partial charge in [0.15, 0.2) is 11.5 Å². The highest BCUT2D eigenvalue weighted by atomic mass is 35.5. The number of unbranched alkanes of at least 4 members (excludes halogenated alkanes) is 2. The van der Waals surface area contributed by atoms with Crippen LogP contribution in [0, 0.1) is 5.92 Å². The average molecular weight is 547 g/mol. The standard InChI is InChI=1S/C29H38N2O6.ClH/c1-4-6-14-30(15-7-5-2)26(32)18-31-17-23(21-10-13-24-25(16-21)37-19-36-24)27(29(33)34)28(31)20-8-11-22(35-3)12-9-20;/h8-13,16,23,27-28H,4-7,14-15,17-19H2,1-3H3,(H,33,34);1H/t23-,27-,28-;/m1./s1. The van der Waals surface area contributed by atoms with E-state index in [0.29, 0.717) is 23.8 Å². The van der Waals surface area contributed by atoms with E-state index in [1.807, 2.05) is 52.3 Å². The average Bonchev–Trinajstić information content (AvgIpc) is 3.53. The Morgan fingerprint density at radius 3 is 2.24 bits per heavy atom. The molecule has 3 atom stereocenters. The second-order valence-electron chi connectivity index (χ2n) is 9.82. The molecule has 1 amide bonds. The number of carboxylic acid groups (broad SMARTS) is 1. The van der Waals surface area contributed by atoms with Gasteiger partial charge in [0.1, 0.15) is 5.75 Å². The molecule has 0 unspecified atom stereocenters. The van der Waals surface area contributed by atoms with Gasteiger partial charge in [-0.2, -0.15) is 0 Å². The van der Waals surface area contributed by atoms with Crippen molar-refractivity contribution < 1.29 is 28.9 Å². The Labute approximate surface area is 231 Å². The molecule has 0 aliphatic carbocycles. The van der Waals surface area contributed by atoms with Gasteiger partial charge in [0.05, 0.1) is 19.6 Å². The number of nitrogens with zero attached hydrogens (tertiary/aromatic N) is 2. The van der Waals surface area contributed by atoms with E-state index >= 15 is 0 Å². The second-order valence-corrected chi connectivity index (χ2v) is 9.82. The van der Waals surface area contributed by atoms with Crippen LogP contribution in [-0.4, -0.2) is 66.9 Å². The van der Waals surface area contributed by atoms with Crippen molar-refractivity contribution in [2.75, 3.05) is 40.1 Å². The largest absolute Gasteiger partial charge is 0.497 e. The van der Waals surface area contributed by atoms with Crippen molar-refractivity contribution in [3.8, 4) is 17.2 Å². The fourth-order valence-electron chi connectivity index (χ4n) is 5.41. The molecule has 2 heterocycles. The Morgan fingerprint density at radius 2 is 1.63 bits per heavy atom. The Kier molecular flexibility index (Phi) is 10.7. The smallest absolute Gasteiger partial charge is 0.309 e. The Hall–Kier alpha value is -2.97. The molecular formula is C29H39ClN2O6. The number of methoxy groups -OCH3 is 1. The number of carbonyl (C=O) groups is 2. The lowest BCUT2D eigenvalue weighted by Crippen LogP contribution is -2.42. The van der Waals surface area contributed by atoms with Crippen LogP contribution in [0.3, 0.4) is 0 Å². The highest BCUT2D eigenvalue weighted by molar-refractivity contribution is 5.85. The van der Waals surface area contributed by atoms with E-state index < -0.39 is 17.9 Å². The third-order valence-corrected chi connectivity index (χ3v) is 7.42. The predicted molar refractivity (Wildman–Crippen MR) is 147 cm³/mol. The maximum Gasteiger partial charge on any atom is 0.309 e. The van der Waals surface area contributed by atoms with Crippen molar-refractivity contribution in [2.45, 2.75) is 51.5 Å². The number of halogens is 1. The molecule has 1 N–H and O–H groups in total. The SMILES string of the molecule is CCCCN(CCCC)C(=O)CN1C[C@H](c2ccc3c(c2)OCO3)[C@@H](C(=O)O)[C@H]1c1ccc(OC)cc1.Cl. The maximum absolute atomic E-state index is 13.5. The van der Waals surface area contributed by atoms with E-state index in [0.717, 1.165) is 49.9 Å². The van der Waals surface area contributed by atoms with Crippen LogP contribution in [0.4, 0.5) is 0 Å². The van der Waals surface area contributed by atoms with E-state index in [4.69, 9.17) is 14.2 Å². The van der Waals surface area contributed by atoms with Crippen molar-refractivity contribution in [1.29, 1.82) is 0 Å². The van der Waals surface area contributed by atoms with Gasteiger partial charge in [-0.25, -0.2) is 0 Å². The van der Waals surface area contributed by atoms with Gasteiger partial charge in [0, 0.05) is 31.6 Å². The van der Waals surface area contributed by atoms with Gasteiger partial charge in [-0.15, -0.1) is 12.4 Å². The summed E-state index contributed by atoms with van der Waals surface area (Å²) < 4.78 is 16.3. The monoisotopic (exact) mass is 546 g/mol. The van der Waals surface area contributed by atoms with Crippen LogP contribution in [0.25, 0.3) is 0 Å². The lowest BCUT2D eigenvalue weighted by atomic mass is 9.82. The number of hydrogen-bond acceptors (Lipinski definition) is 6. The first-order chi connectivity index (χ1) is 18.0. The van der Waals surface area contributed by atoms with Crippen LogP contribution in [0.15, 0.2) is 42.5 Å². The zero-order chi connectivity index (χ0) is 26.4. The van der Waals surface area contributed by atoms with Gasteiger partial charge < -0.3 is 24.2 Å². The number of carbonyl (C=O) groups excluding carboxylic acids is 1. The lowest BCUT2D eigenvalue weighted by molar-refractivity contribution is -0.144. The van der Waals surface area contributed by atoms with Gasteiger partial charge >= 0.3 is 5.97 Å². The summed E-state index contributed by atoms with van der Waals surface area (Å²) in [7, 11) is 1.60. The third-order valence-electron chi connectivity index (χ3n) is 7.42. The summed E-state index contributed by atoms with van der Waals surface area (Å²) in [4.78, 5) is 30.3. The highest BCUT2D eigenvalue weighted by Crippen LogP contribution is 2.47. The lowest BCUT2D eigenvalue weighted by Gasteiger charge is -2.30. The van der Waals surface area contributed by atoms with Crippen molar-refractivity contribution in [1.82, 2.24) is 9.80 Å². The van der Waals surface area contributed by atoms with Gasteiger partial charge in [0.25, 0.3) is 0 Å². The number of benzene rings is 2. The van der Waals surface area contributed by atoms with E-state index in [-0.39, 0.29) is 37.6 Å². The molecule has 2 aromatic carbocycles. The summed E-state index contributed by atoms with van der Waals surface area (Å²) in [5.41, 5.74) is 1.73. The minimum Gasteiger partial charge on any atom is -0.497 e. The molecule has 1 saturated heterocycles. The molecule has 2 aromatic rings. The first-order valence-electron chi connectivity index (χ1n) is 13.2. The van der Waals surface area contributed by atoms with Crippen molar-refractivity contribution >= 4 is 24.3 Å². The van der Waals surface area contributed by atoms with Gasteiger partial charge in [-0.05, 0) is 48.2 Å². The summed E-state index contributed by atoms with van der Waals surface area (Å²) in [6.45, 7) is 6.48. The highest BCUT2D eigenvalue weighted by Gasteiger charge is 2.48. The summed E-state index contributed by atoms with van der Waals surface area (Å²) in [5.74, 6) is 0.113. The molecule has 0 saturated carbocycles. The first kappa shape index (κ1) is 29.6. The fraction of sp³-hybridized carbons (Fsp3) is 0.517. The zero-order valence-corrected chi connectivity index (χ0v) is 23.2. The molecule has 0 spiro atoms. The molecule has 0 bridgehead atoms. The van der Waals surface area contributed by atoms with E-state index in [9.17, 15) is 14.7 Å². The van der Waals surface area contributed by atoms with Crippen molar-refractivity contribution in [3.63, 3.8) is 0 Å². The van der Waals surface area contributed by atoms with Crippen LogP contribution in [0.1, 0.15) is 62.6 Å². The Balaban J connectivity index is 0.00000400. The topological polar surface area (TPSA) is 88.5 Å². The molecule has 208 valence electrons. The number of rotatable bonds is 12. The molecule has 9 heteroatoms. The second kappa shape index (κ2) is 13.7. The molecule has 2 aliphatic heterocycles. The summed E-state index contributed by atoms with van der Waals surface area (Å²) in [6, 6.07) is 12.7. The van der Waals surface area contributed by atoms with Crippen LogP contribution in [-0.2, 0) is 9.59 Å². The molecule has 4 rings (SSSR count). The molecule has 38 heavy (non-hydrogen) atoms. The summed E-state index contributed by atoms with van der Waals surface area (Å²) >= 11 is 0. The summed E-state index contributed by atoms with van der Waals surface area (Å²) in [5, 5.41) is 10.5. The third kappa shape index (κ3) is 6.53. The van der Waals surface area contributed by atoms with Gasteiger partial charge in [-0.3, -0.25) is 14.5 Å². The van der Waals surface area contributed by atoms with Crippen LogP contribution >= 0.6 is 12.4 Å². The number of hydrogen-bond donors (Lipinski definition) is 1. The van der Waals surface area contributed by atoms with E-state index in [1.54, 1.807) is 7.11 Å². The van der Waals surface area contributed by atoms with E-state index in [2.05, 4.69) is 13.8 Å². The van der Waals surface area contributed by atoms with Gasteiger partial charge in [-0.1, -0.05) is 44.9 Å². The number of likely N-dealkylation sites (tertiary alicyclic amines) is 1. The molecular weight excluding hydrogens is 508 g/mol. The van der Waals surface area contributed by atoms with Crippen LogP contribution in [0.5, 0.6) is 17.2 Å². The first-order valence-corrected chi connectivity index (χ1v) is 13.2. The fourth-order valence-corrected chi connectivity index (χ4v) is 5.41.